The van der Waals surface area contributed by atoms with Gasteiger partial charge in [0.1, 0.15) is 0 Å². The van der Waals surface area contributed by atoms with Crippen LogP contribution in [-0.4, -0.2) is 47.7 Å². The maximum absolute atomic E-state index is 12.6. The van der Waals surface area contributed by atoms with Crippen LogP contribution in [0.3, 0.4) is 0 Å². The number of para-hydroxylation sites is 1. The number of hydrogen-bond donors (Lipinski definition) is 1. The number of carbonyl (C=O) groups is 1. The van der Waals surface area contributed by atoms with Gasteiger partial charge in [0.25, 0.3) is 0 Å². The summed E-state index contributed by atoms with van der Waals surface area (Å²) in [4.78, 5) is 16.7. The van der Waals surface area contributed by atoms with E-state index in [0.29, 0.717) is 6.54 Å². The Morgan fingerprint density at radius 3 is 3.00 bits per heavy atom. The second kappa shape index (κ2) is 5.54. The molecule has 1 amide bonds. The molecule has 20 heavy (non-hydrogen) atoms. The lowest BCUT2D eigenvalue weighted by atomic mass is 10.1. The van der Waals surface area contributed by atoms with Crippen molar-refractivity contribution >= 4 is 11.6 Å². The first-order valence-corrected chi connectivity index (χ1v) is 7.45. The number of hydrogen-bond acceptors (Lipinski definition) is 3. The number of likely N-dealkylation sites (tertiary alicyclic amines) is 1. The monoisotopic (exact) mass is 274 g/mol. The molecule has 0 aliphatic carbocycles. The zero-order valence-corrected chi connectivity index (χ0v) is 12.0. The molecule has 2 heterocycles. The SMILES string of the molecule is CC1Cc2ccccc2N1C(=O)CN1CCC[C@@H]1CO. The van der Waals surface area contributed by atoms with Gasteiger partial charge < -0.3 is 10.0 Å². The fraction of sp³-hybridized carbons (Fsp3) is 0.562. The molecular weight excluding hydrogens is 252 g/mol. The fourth-order valence-corrected chi connectivity index (χ4v) is 3.51. The number of fused-ring (bicyclic) bond motifs is 1. The van der Waals surface area contributed by atoms with E-state index in [2.05, 4.69) is 17.9 Å². The Morgan fingerprint density at radius 1 is 1.40 bits per heavy atom. The Bertz CT molecular complexity index is 503. The molecule has 108 valence electrons. The molecule has 2 atom stereocenters. The van der Waals surface area contributed by atoms with Crippen LogP contribution >= 0.6 is 0 Å². The Morgan fingerprint density at radius 2 is 2.20 bits per heavy atom. The van der Waals surface area contributed by atoms with Crippen LogP contribution < -0.4 is 4.90 Å². The minimum Gasteiger partial charge on any atom is -0.395 e. The fourth-order valence-electron chi connectivity index (χ4n) is 3.51. The average Bonchev–Trinajstić information content (AvgIpc) is 3.01. The van der Waals surface area contributed by atoms with Gasteiger partial charge in [-0.15, -0.1) is 0 Å². The van der Waals surface area contributed by atoms with Gasteiger partial charge in [-0.05, 0) is 44.4 Å². The van der Waals surface area contributed by atoms with Gasteiger partial charge in [0.2, 0.25) is 5.91 Å². The zero-order valence-electron chi connectivity index (χ0n) is 12.0. The summed E-state index contributed by atoms with van der Waals surface area (Å²) >= 11 is 0. The first kappa shape index (κ1) is 13.6. The molecule has 0 radical (unpaired) electrons. The predicted octanol–water partition coefficient (Wildman–Crippen LogP) is 1.42. The van der Waals surface area contributed by atoms with Gasteiger partial charge in [0.05, 0.1) is 13.2 Å². The van der Waals surface area contributed by atoms with E-state index in [4.69, 9.17) is 0 Å². The van der Waals surface area contributed by atoms with Crippen LogP contribution in [0.1, 0.15) is 25.3 Å². The second-order valence-electron chi connectivity index (χ2n) is 5.89. The Balaban J connectivity index is 1.74. The van der Waals surface area contributed by atoms with E-state index in [0.717, 1.165) is 31.5 Å². The highest BCUT2D eigenvalue weighted by Crippen LogP contribution is 2.32. The van der Waals surface area contributed by atoms with Gasteiger partial charge in [-0.3, -0.25) is 9.69 Å². The van der Waals surface area contributed by atoms with Crippen molar-refractivity contribution in [1.29, 1.82) is 0 Å². The van der Waals surface area contributed by atoms with Crippen LogP contribution in [0.25, 0.3) is 0 Å². The quantitative estimate of drug-likeness (QED) is 0.906. The standard InChI is InChI=1S/C16H22N2O2/c1-12-9-13-5-2-3-7-15(13)18(12)16(20)10-17-8-4-6-14(17)11-19/h2-3,5,7,12,14,19H,4,6,8-11H2,1H3/t12?,14-/m1/s1. The van der Waals surface area contributed by atoms with Crippen LogP contribution in [0.2, 0.25) is 0 Å². The number of anilines is 1. The predicted molar refractivity (Wildman–Crippen MR) is 78.8 cm³/mol. The third kappa shape index (κ3) is 2.34. The van der Waals surface area contributed by atoms with E-state index in [1.54, 1.807) is 0 Å². The zero-order chi connectivity index (χ0) is 14.1. The molecule has 0 bridgehead atoms. The first-order chi connectivity index (χ1) is 9.70. The number of amides is 1. The average molecular weight is 274 g/mol. The molecule has 1 saturated heterocycles. The van der Waals surface area contributed by atoms with Crippen molar-refractivity contribution in [3.63, 3.8) is 0 Å². The van der Waals surface area contributed by atoms with Crippen LogP contribution in [0, 0.1) is 0 Å². The third-order valence-electron chi connectivity index (χ3n) is 4.52. The van der Waals surface area contributed by atoms with Crippen LogP contribution in [0.5, 0.6) is 0 Å². The number of aliphatic hydroxyl groups excluding tert-OH is 1. The van der Waals surface area contributed by atoms with Crippen LogP contribution in [-0.2, 0) is 11.2 Å². The van der Waals surface area contributed by atoms with Crippen molar-refractivity contribution in [2.24, 2.45) is 0 Å². The maximum atomic E-state index is 12.6. The van der Waals surface area contributed by atoms with E-state index in [1.807, 2.05) is 23.1 Å². The summed E-state index contributed by atoms with van der Waals surface area (Å²) in [5.74, 6) is 0.155. The molecule has 1 unspecified atom stereocenters. The second-order valence-corrected chi connectivity index (χ2v) is 5.89. The van der Waals surface area contributed by atoms with Crippen molar-refractivity contribution in [2.75, 3.05) is 24.6 Å². The summed E-state index contributed by atoms with van der Waals surface area (Å²) in [6.07, 6.45) is 3.01. The normalized spacial score (nSPS) is 26.0. The van der Waals surface area contributed by atoms with E-state index < -0.39 is 0 Å². The molecular formula is C16H22N2O2. The summed E-state index contributed by atoms with van der Waals surface area (Å²) in [6, 6.07) is 8.54. The lowest BCUT2D eigenvalue weighted by Gasteiger charge is -2.28. The third-order valence-corrected chi connectivity index (χ3v) is 4.52. The smallest absolute Gasteiger partial charge is 0.241 e. The highest BCUT2D eigenvalue weighted by Gasteiger charge is 2.33. The molecule has 4 heteroatoms. The molecule has 0 saturated carbocycles. The number of benzene rings is 1. The van der Waals surface area contributed by atoms with Gasteiger partial charge in [-0.25, -0.2) is 0 Å². The van der Waals surface area contributed by atoms with Gasteiger partial charge in [-0.1, -0.05) is 18.2 Å². The minimum absolute atomic E-state index is 0.152. The van der Waals surface area contributed by atoms with Crippen molar-refractivity contribution in [3.05, 3.63) is 29.8 Å². The molecule has 0 spiro atoms. The van der Waals surface area contributed by atoms with Crippen LogP contribution in [0.4, 0.5) is 5.69 Å². The summed E-state index contributed by atoms with van der Waals surface area (Å²) in [6.45, 7) is 3.59. The van der Waals surface area contributed by atoms with E-state index in [-0.39, 0.29) is 24.6 Å². The highest BCUT2D eigenvalue weighted by atomic mass is 16.3. The number of carbonyl (C=O) groups excluding carboxylic acids is 1. The molecule has 2 aliphatic heterocycles. The lowest BCUT2D eigenvalue weighted by Crippen LogP contribution is -2.45. The summed E-state index contributed by atoms with van der Waals surface area (Å²) < 4.78 is 0. The Hall–Kier alpha value is -1.39. The molecule has 4 nitrogen and oxygen atoms in total. The summed E-state index contributed by atoms with van der Waals surface area (Å²) in [5, 5.41) is 9.36. The highest BCUT2D eigenvalue weighted by molar-refractivity contribution is 5.97. The molecule has 0 aromatic heterocycles. The lowest BCUT2D eigenvalue weighted by molar-refractivity contribution is -0.120. The topological polar surface area (TPSA) is 43.8 Å². The maximum Gasteiger partial charge on any atom is 0.241 e. The largest absolute Gasteiger partial charge is 0.395 e. The van der Waals surface area contributed by atoms with Crippen molar-refractivity contribution in [3.8, 4) is 0 Å². The van der Waals surface area contributed by atoms with Gasteiger partial charge in [-0.2, -0.15) is 0 Å². The Labute approximate surface area is 120 Å². The number of aliphatic hydroxyl groups is 1. The van der Waals surface area contributed by atoms with E-state index >= 15 is 0 Å². The van der Waals surface area contributed by atoms with Crippen LogP contribution in [0.15, 0.2) is 24.3 Å². The molecule has 1 fully saturated rings. The van der Waals surface area contributed by atoms with Crippen molar-refractivity contribution in [2.45, 2.75) is 38.3 Å². The first-order valence-electron chi connectivity index (χ1n) is 7.45. The molecule has 3 rings (SSSR count). The molecule has 1 aromatic rings. The van der Waals surface area contributed by atoms with Crippen molar-refractivity contribution in [1.82, 2.24) is 4.90 Å². The summed E-state index contributed by atoms with van der Waals surface area (Å²) in [5.41, 5.74) is 2.32. The molecule has 1 aromatic carbocycles. The van der Waals surface area contributed by atoms with Gasteiger partial charge in [0.15, 0.2) is 0 Å². The number of nitrogens with zero attached hydrogens (tertiary/aromatic N) is 2. The minimum atomic E-state index is 0.152. The van der Waals surface area contributed by atoms with Gasteiger partial charge >= 0.3 is 0 Å². The Kier molecular flexibility index (Phi) is 3.76. The van der Waals surface area contributed by atoms with E-state index in [9.17, 15) is 9.90 Å². The van der Waals surface area contributed by atoms with Gasteiger partial charge in [0, 0.05) is 17.8 Å². The van der Waals surface area contributed by atoms with E-state index in [1.165, 1.54) is 5.56 Å². The summed E-state index contributed by atoms with van der Waals surface area (Å²) in [7, 11) is 0. The number of rotatable bonds is 3. The molecule has 1 N–H and O–H groups in total. The van der Waals surface area contributed by atoms with Crippen molar-refractivity contribution < 1.29 is 9.90 Å². The molecule has 2 aliphatic rings.